The molecule has 0 radical (unpaired) electrons. The van der Waals surface area contributed by atoms with Crippen LogP contribution in [0.4, 0.5) is 0 Å². The normalized spacial score (nSPS) is 13.7. The van der Waals surface area contributed by atoms with E-state index in [1.54, 1.807) is 7.05 Å². The van der Waals surface area contributed by atoms with Crippen molar-refractivity contribution in [1.82, 2.24) is 4.31 Å². The van der Waals surface area contributed by atoms with Gasteiger partial charge in [0.1, 0.15) is 0 Å². The molecule has 0 aliphatic carbocycles. The fourth-order valence-corrected chi connectivity index (χ4v) is 2.64. The second kappa shape index (κ2) is 7.66. The molecule has 0 amide bonds. The van der Waals surface area contributed by atoms with E-state index in [1.165, 1.54) is 11.4 Å². The van der Waals surface area contributed by atoms with Gasteiger partial charge in [0.25, 0.3) is 0 Å². The standard InChI is InChI=1S/C11H23NO4S/c1-5-10(2)9-12(3)17(14,15)8-6-7-11(13)16-4/h10H,5-9H2,1-4H3. The summed E-state index contributed by atoms with van der Waals surface area (Å²) in [6.07, 6.45) is 1.40. The maximum absolute atomic E-state index is 11.8. The third kappa shape index (κ3) is 6.63. The number of rotatable bonds is 8. The Hall–Kier alpha value is -0.620. The molecule has 0 fully saturated rings. The summed E-state index contributed by atoms with van der Waals surface area (Å²) in [4.78, 5) is 10.9. The highest BCUT2D eigenvalue weighted by molar-refractivity contribution is 7.89. The lowest BCUT2D eigenvalue weighted by Crippen LogP contribution is -2.33. The Morgan fingerprint density at radius 1 is 1.41 bits per heavy atom. The number of esters is 1. The minimum atomic E-state index is -3.24. The van der Waals surface area contributed by atoms with Crippen LogP contribution in [0.2, 0.25) is 0 Å². The summed E-state index contributed by atoms with van der Waals surface area (Å²) in [6.45, 7) is 4.57. The van der Waals surface area contributed by atoms with Crippen molar-refractivity contribution in [1.29, 1.82) is 0 Å². The molecule has 0 rings (SSSR count). The van der Waals surface area contributed by atoms with Crippen LogP contribution in [0.1, 0.15) is 33.1 Å². The predicted molar refractivity (Wildman–Crippen MR) is 67.1 cm³/mol. The van der Waals surface area contributed by atoms with Crippen LogP contribution in [-0.4, -0.2) is 45.1 Å². The van der Waals surface area contributed by atoms with Gasteiger partial charge < -0.3 is 4.74 Å². The molecule has 0 heterocycles. The first-order valence-electron chi connectivity index (χ1n) is 5.84. The van der Waals surface area contributed by atoms with Gasteiger partial charge in [0.05, 0.1) is 12.9 Å². The van der Waals surface area contributed by atoms with Crippen LogP contribution in [0.5, 0.6) is 0 Å². The molecule has 0 saturated carbocycles. The van der Waals surface area contributed by atoms with Crippen LogP contribution in [0.25, 0.3) is 0 Å². The van der Waals surface area contributed by atoms with E-state index in [0.717, 1.165) is 6.42 Å². The van der Waals surface area contributed by atoms with E-state index in [9.17, 15) is 13.2 Å². The Bertz CT molecular complexity index is 326. The van der Waals surface area contributed by atoms with Gasteiger partial charge in [-0.2, -0.15) is 0 Å². The Labute approximate surface area is 104 Å². The van der Waals surface area contributed by atoms with Crippen LogP contribution in [0, 0.1) is 5.92 Å². The summed E-state index contributed by atoms with van der Waals surface area (Å²) in [7, 11) is -0.363. The highest BCUT2D eigenvalue weighted by Crippen LogP contribution is 2.09. The minimum absolute atomic E-state index is 0.00493. The molecule has 0 aromatic carbocycles. The van der Waals surface area contributed by atoms with E-state index in [4.69, 9.17) is 0 Å². The maximum atomic E-state index is 11.8. The smallest absolute Gasteiger partial charge is 0.305 e. The number of ether oxygens (including phenoxy) is 1. The van der Waals surface area contributed by atoms with Crippen LogP contribution in [0.3, 0.4) is 0 Å². The van der Waals surface area contributed by atoms with Gasteiger partial charge in [0.15, 0.2) is 0 Å². The van der Waals surface area contributed by atoms with Crippen LogP contribution >= 0.6 is 0 Å². The molecule has 17 heavy (non-hydrogen) atoms. The van der Waals surface area contributed by atoms with Gasteiger partial charge in [-0.3, -0.25) is 4.79 Å². The van der Waals surface area contributed by atoms with Crippen LogP contribution in [-0.2, 0) is 19.6 Å². The Morgan fingerprint density at radius 3 is 2.47 bits per heavy atom. The lowest BCUT2D eigenvalue weighted by Gasteiger charge is -2.20. The van der Waals surface area contributed by atoms with Gasteiger partial charge in [0.2, 0.25) is 10.0 Å². The van der Waals surface area contributed by atoms with Gasteiger partial charge in [-0.25, -0.2) is 12.7 Å². The molecular formula is C11H23NO4S. The number of carbonyl (C=O) groups is 1. The van der Waals surface area contributed by atoms with Crippen molar-refractivity contribution in [2.45, 2.75) is 33.1 Å². The Balaban J connectivity index is 4.14. The third-order valence-corrected chi connectivity index (χ3v) is 4.65. The third-order valence-electron chi connectivity index (χ3n) is 2.75. The Kier molecular flexibility index (Phi) is 7.38. The molecule has 0 bridgehead atoms. The van der Waals surface area contributed by atoms with Gasteiger partial charge >= 0.3 is 5.97 Å². The first kappa shape index (κ1) is 16.4. The van der Waals surface area contributed by atoms with Gasteiger partial charge in [-0.1, -0.05) is 20.3 Å². The number of nitrogens with zero attached hydrogens (tertiary/aromatic N) is 1. The van der Waals surface area contributed by atoms with Crippen molar-refractivity contribution in [2.24, 2.45) is 5.92 Å². The SMILES string of the molecule is CCC(C)CN(C)S(=O)(=O)CCCC(=O)OC. The van der Waals surface area contributed by atoms with E-state index < -0.39 is 10.0 Å². The number of hydrogen-bond acceptors (Lipinski definition) is 4. The summed E-state index contributed by atoms with van der Waals surface area (Å²) in [5, 5.41) is 0. The molecule has 5 nitrogen and oxygen atoms in total. The Morgan fingerprint density at radius 2 is 2.00 bits per heavy atom. The summed E-state index contributed by atoms with van der Waals surface area (Å²) in [5.41, 5.74) is 0. The van der Waals surface area contributed by atoms with E-state index in [-0.39, 0.29) is 18.1 Å². The number of carbonyl (C=O) groups excluding carboxylic acids is 1. The van der Waals surface area contributed by atoms with Crippen LogP contribution in [0.15, 0.2) is 0 Å². The van der Waals surface area contributed by atoms with E-state index in [1.807, 2.05) is 13.8 Å². The molecule has 1 unspecified atom stereocenters. The maximum Gasteiger partial charge on any atom is 0.305 e. The zero-order valence-corrected chi connectivity index (χ0v) is 11.9. The number of hydrogen-bond donors (Lipinski definition) is 0. The summed E-state index contributed by atoms with van der Waals surface area (Å²) in [5.74, 6) is -0.0326. The van der Waals surface area contributed by atoms with Gasteiger partial charge in [-0.15, -0.1) is 0 Å². The summed E-state index contributed by atoms with van der Waals surface area (Å²) in [6, 6.07) is 0. The second-order valence-electron chi connectivity index (χ2n) is 4.29. The molecule has 102 valence electrons. The fraction of sp³-hybridized carbons (Fsp3) is 0.909. The van der Waals surface area contributed by atoms with Crippen molar-refractivity contribution < 1.29 is 17.9 Å². The molecule has 1 atom stereocenters. The fourth-order valence-electron chi connectivity index (χ4n) is 1.34. The largest absolute Gasteiger partial charge is 0.469 e. The quantitative estimate of drug-likeness (QED) is 0.620. The first-order valence-corrected chi connectivity index (χ1v) is 7.45. The molecule has 6 heteroatoms. The highest BCUT2D eigenvalue weighted by Gasteiger charge is 2.19. The topological polar surface area (TPSA) is 63.7 Å². The average molecular weight is 265 g/mol. The first-order chi connectivity index (χ1) is 7.83. The zero-order chi connectivity index (χ0) is 13.5. The number of sulfonamides is 1. The van der Waals surface area contributed by atoms with Crippen molar-refractivity contribution in [3.63, 3.8) is 0 Å². The molecule has 0 aromatic rings. The van der Waals surface area contributed by atoms with Crippen LogP contribution < -0.4 is 0 Å². The van der Waals surface area contributed by atoms with E-state index >= 15 is 0 Å². The van der Waals surface area contributed by atoms with Crippen molar-refractivity contribution >= 4 is 16.0 Å². The molecule has 0 N–H and O–H groups in total. The minimum Gasteiger partial charge on any atom is -0.469 e. The van der Waals surface area contributed by atoms with Gasteiger partial charge in [0, 0.05) is 20.0 Å². The number of methoxy groups -OCH3 is 1. The van der Waals surface area contributed by atoms with Crippen molar-refractivity contribution in [2.75, 3.05) is 26.5 Å². The second-order valence-corrected chi connectivity index (χ2v) is 6.49. The molecule has 0 aliphatic rings. The molecule has 0 spiro atoms. The predicted octanol–water partition coefficient (Wildman–Crippen LogP) is 1.25. The monoisotopic (exact) mass is 265 g/mol. The van der Waals surface area contributed by atoms with Crippen molar-refractivity contribution in [3.05, 3.63) is 0 Å². The summed E-state index contributed by atoms with van der Waals surface area (Å²) < 4.78 is 29.5. The highest BCUT2D eigenvalue weighted by atomic mass is 32.2. The lowest BCUT2D eigenvalue weighted by molar-refractivity contribution is -0.140. The van der Waals surface area contributed by atoms with Gasteiger partial charge in [-0.05, 0) is 12.3 Å². The lowest BCUT2D eigenvalue weighted by atomic mass is 10.1. The molecular weight excluding hydrogens is 242 g/mol. The van der Waals surface area contributed by atoms with Crippen molar-refractivity contribution in [3.8, 4) is 0 Å². The molecule has 0 aromatic heterocycles. The zero-order valence-electron chi connectivity index (χ0n) is 11.1. The molecule has 0 aliphatic heterocycles. The molecule has 0 saturated heterocycles. The summed E-state index contributed by atoms with van der Waals surface area (Å²) >= 11 is 0. The van der Waals surface area contributed by atoms with E-state index in [2.05, 4.69) is 4.74 Å². The van der Waals surface area contributed by atoms with E-state index in [0.29, 0.717) is 18.9 Å². The average Bonchev–Trinajstić information content (AvgIpc) is 2.28.